The molecule has 0 saturated heterocycles. The highest BCUT2D eigenvalue weighted by molar-refractivity contribution is 6.09. The molecule has 86 valence electrons. The molecule has 1 aromatic carbocycles. The van der Waals surface area contributed by atoms with Gasteiger partial charge in [-0.3, -0.25) is 4.99 Å². The number of allylic oxidation sites excluding steroid dienone is 5. The van der Waals surface area contributed by atoms with Crippen LogP contribution in [0.15, 0.2) is 65.8 Å². The minimum Gasteiger partial charge on any atom is -0.380 e. The zero-order valence-corrected chi connectivity index (χ0v) is 9.84. The summed E-state index contributed by atoms with van der Waals surface area (Å²) in [7, 11) is 1.70. The Labute approximate surface area is 102 Å². The van der Waals surface area contributed by atoms with E-state index >= 15 is 0 Å². The number of nitrogens with zero attached hydrogens (tertiary/aromatic N) is 1. The average molecular weight is 225 g/mol. The number of hydrogen-bond acceptors (Lipinski definition) is 2. The van der Waals surface area contributed by atoms with Crippen molar-refractivity contribution >= 4 is 5.71 Å². The van der Waals surface area contributed by atoms with Crippen LogP contribution in [-0.2, 0) is 11.3 Å². The second-order valence-electron chi connectivity index (χ2n) is 3.73. The summed E-state index contributed by atoms with van der Waals surface area (Å²) in [6.45, 7) is 0.644. The highest BCUT2D eigenvalue weighted by Gasteiger charge is 1.99. The molecule has 0 unspecified atom stereocenters. The molecule has 0 fully saturated rings. The van der Waals surface area contributed by atoms with Gasteiger partial charge in [0.1, 0.15) is 0 Å². The largest absolute Gasteiger partial charge is 0.380 e. The molecule has 0 bridgehead atoms. The predicted octanol–water partition coefficient (Wildman–Crippen LogP) is 3.26. The van der Waals surface area contributed by atoms with Crippen molar-refractivity contribution < 1.29 is 4.74 Å². The van der Waals surface area contributed by atoms with Crippen molar-refractivity contribution in [3.8, 4) is 0 Å². The first-order valence-electron chi connectivity index (χ1n) is 5.56. The first-order chi connectivity index (χ1) is 8.40. The predicted molar refractivity (Wildman–Crippen MR) is 71.1 cm³/mol. The van der Waals surface area contributed by atoms with Gasteiger partial charge in [0.2, 0.25) is 0 Å². The number of rotatable bonds is 3. The lowest BCUT2D eigenvalue weighted by atomic mass is 10.1. The third-order valence-electron chi connectivity index (χ3n) is 2.45. The molecule has 0 aliphatic carbocycles. The van der Waals surface area contributed by atoms with Gasteiger partial charge in [-0.15, -0.1) is 0 Å². The molecule has 17 heavy (non-hydrogen) atoms. The molecule has 2 nitrogen and oxygen atoms in total. The van der Waals surface area contributed by atoms with Crippen LogP contribution in [0.2, 0.25) is 0 Å². The maximum atomic E-state index is 5.09. The van der Waals surface area contributed by atoms with Crippen LogP contribution in [0.5, 0.6) is 0 Å². The summed E-state index contributed by atoms with van der Waals surface area (Å²) in [6, 6.07) is 8.26. The van der Waals surface area contributed by atoms with Gasteiger partial charge >= 0.3 is 0 Å². The van der Waals surface area contributed by atoms with Crippen LogP contribution < -0.4 is 0 Å². The summed E-state index contributed by atoms with van der Waals surface area (Å²) in [5.74, 6) is 0. The van der Waals surface area contributed by atoms with Gasteiger partial charge in [-0.2, -0.15) is 0 Å². The fraction of sp³-hybridized carbons (Fsp3) is 0.133. The van der Waals surface area contributed by atoms with E-state index in [2.05, 4.69) is 29.3 Å². The Balaban J connectivity index is 2.21. The molecule has 1 heterocycles. The third-order valence-corrected chi connectivity index (χ3v) is 2.45. The van der Waals surface area contributed by atoms with Crippen LogP contribution in [-0.4, -0.2) is 12.8 Å². The van der Waals surface area contributed by atoms with E-state index in [4.69, 9.17) is 4.74 Å². The van der Waals surface area contributed by atoms with Gasteiger partial charge in [0.15, 0.2) is 0 Å². The quantitative estimate of drug-likeness (QED) is 0.773. The van der Waals surface area contributed by atoms with E-state index in [0.717, 1.165) is 11.3 Å². The Morgan fingerprint density at radius 2 is 1.76 bits per heavy atom. The molecule has 1 aliphatic heterocycles. The zero-order chi connectivity index (χ0) is 11.9. The smallest absolute Gasteiger partial charge is 0.0713 e. The van der Waals surface area contributed by atoms with E-state index in [1.807, 2.05) is 30.4 Å². The third kappa shape index (κ3) is 3.26. The SMILES string of the molecule is COCc1ccc(C2=NC=CC=CC=C2)cc1. The Morgan fingerprint density at radius 3 is 2.53 bits per heavy atom. The number of methoxy groups -OCH3 is 1. The zero-order valence-electron chi connectivity index (χ0n) is 9.84. The molecule has 0 spiro atoms. The number of ether oxygens (including phenoxy) is 1. The van der Waals surface area contributed by atoms with Crippen molar-refractivity contribution in [2.45, 2.75) is 6.61 Å². The van der Waals surface area contributed by atoms with Crippen LogP contribution in [0.4, 0.5) is 0 Å². The van der Waals surface area contributed by atoms with Crippen molar-refractivity contribution in [3.63, 3.8) is 0 Å². The van der Waals surface area contributed by atoms with Crippen molar-refractivity contribution in [2.24, 2.45) is 4.99 Å². The molecule has 0 radical (unpaired) electrons. The number of hydrogen-bond donors (Lipinski definition) is 0. The normalized spacial score (nSPS) is 14.3. The van der Waals surface area contributed by atoms with Crippen LogP contribution in [0.3, 0.4) is 0 Å². The van der Waals surface area contributed by atoms with Gasteiger partial charge in [0.25, 0.3) is 0 Å². The van der Waals surface area contributed by atoms with Crippen LogP contribution in [0, 0.1) is 0 Å². The Hall–Kier alpha value is -1.93. The standard InChI is InChI=1S/C15H15NO/c1-17-12-13-7-9-14(10-8-13)15-6-4-2-3-5-11-16-15/h2-11H,12H2,1H3. The highest BCUT2D eigenvalue weighted by atomic mass is 16.5. The Kier molecular flexibility index (Phi) is 4.05. The molecule has 1 aromatic rings. The molecular formula is C15H15NO. The molecule has 0 saturated carbocycles. The van der Waals surface area contributed by atoms with Gasteiger partial charge in [0, 0.05) is 18.9 Å². The summed E-state index contributed by atoms with van der Waals surface area (Å²) in [5, 5.41) is 0. The highest BCUT2D eigenvalue weighted by Crippen LogP contribution is 2.09. The lowest BCUT2D eigenvalue weighted by molar-refractivity contribution is 0.185. The summed E-state index contributed by atoms with van der Waals surface area (Å²) >= 11 is 0. The van der Waals surface area contributed by atoms with Gasteiger partial charge in [0.05, 0.1) is 12.3 Å². The molecule has 0 amide bonds. The monoisotopic (exact) mass is 225 g/mol. The van der Waals surface area contributed by atoms with Crippen molar-refractivity contribution in [2.75, 3.05) is 7.11 Å². The Bertz CT molecular complexity index is 478. The maximum absolute atomic E-state index is 5.09. The molecule has 2 rings (SSSR count). The van der Waals surface area contributed by atoms with E-state index in [1.54, 1.807) is 13.3 Å². The summed E-state index contributed by atoms with van der Waals surface area (Å²) < 4.78 is 5.09. The average Bonchev–Trinajstić information content (AvgIpc) is 2.30. The van der Waals surface area contributed by atoms with Crippen LogP contribution in [0.1, 0.15) is 11.1 Å². The molecule has 0 aromatic heterocycles. The summed E-state index contributed by atoms with van der Waals surface area (Å²) in [6.07, 6.45) is 11.7. The van der Waals surface area contributed by atoms with E-state index in [1.165, 1.54) is 5.56 Å². The van der Waals surface area contributed by atoms with E-state index in [-0.39, 0.29) is 0 Å². The molecule has 2 heteroatoms. The number of aliphatic imine (C=N–C) groups is 1. The van der Waals surface area contributed by atoms with Crippen LogP contribution in [0.25, 0.3) is 0 Å². The second-order valence-corrected chi connectivity index (χ2v) is 3.73. The maximum Gasteiger partial charge on any atom is 0.0713 e. The molecule has 0 atom stereocenters. The van der Waals surface area contributed by atoms with E-state index in [9.17, 15) is 0 Å². The molecule has 1 aliphatic rings. The van der Waals surface area contributed by atoms with Crippen LogP contribution >= 0.6 is 0 Å². The number of benzene rings is 1. The first kappa shape index (κ1) is 11.6. The Morgan fingerprint density at radius 1 is 1.00 bits per heavy atom. The van der Waals surface area contributed by atoms with Crippen molar-refractivity contribution in [3.05, 3.63) is 72.0 Å². The topological polar surface area (TPSA) is 21.6 Å². The van der Waals surface area contributed by atoms with Crippen molar-refractivity contribution in [1.29, 1.82) is 0 Å². The molecule has 0 N–H and O–H groups in total. The van der Waals surface area contributed by atoms with Gasteiger partial charge < -0.3 is 4.74 Å². The van der Waals surface area contributed by atoms with Gasteiger partial charge in [-0.25, -0.2) is 0 Å². The fourth-order valence-corrected chi connectivity index (χ4v) is 1.60. The van der Waals surface area contributed by atoms with E-state index < -0.39 is 0 Å². The lowest BCUT2D eigenvalue weighted by Gasteiger charge is -2.03. The van der Waals surface area contributed by atoms with E-state index in [0.29, 0.717) is 6.61 Å². The first-order valence-corrected chi connectivity index (χ1v) is 5.56. The summed E-state index contributed by atoms with van der Waals surface area (Å²) in [5.41, 5.74) is 3.25. The van der Waals surface area contributed by atoms with Crippen molar-refractivity contribution in [1.82, 2.24) is 0 Å². The second kappa shape index (κ2) is 5.97. The van der Waals surface area contributed by atoms with Gasteiger partial charge in [-0.1, -0.05) is 42.5 Å². The molecular weight excluding hydrogens is 210 g/mol. The minimum atomic E-state index is 0.644. The lowest BCUT2D eigenvalue weighted by Crippen LogP contribution is -1.97. The summed E-state index contributed by atoms with van der Waals surface area (Å²) in [4.78, 5) is 4.40. The minimum absolute atomic E-state index is 0.644. The van der Waals surface area contributed by atoms with Gasteiger partial charge in [-0.05, 0) is 17.7 Å². The fourth-order valence-electron chi connectivity index (χ4n) is 1.60.